The van der Waals surface area contributed by atoms with E-state index in [1.54, 1.807) is 0 Å². The first-order chi connectivity index (χ1) is 13.9. The lowest BCUT2D eigenvalue weighted by Gasteiger charge is -2.22. The van der Waals surface area contributed by atoms with Crippen LogP contribution in [0.1, 0.15) is 56.5 Å². The zero-order valence-corrected chi connectivity index (χ0v) is 19.3. The molecule has 1 aromatic carbocycles. The Hall–Kier alpha value is -1.79. The predicted octanol–water partition coefficient (Wildman–Crippen LogP) is 5.43. The summed E-state index contributed by atoms with van der Waals surface area (Å²) in [6.45, 7) is 11.0. The lowest BCUT2D eigenvalue weighted by atomic mass is 10.1. The van der Waals surface area contributed by atoms with Crippen molar-refractivity contribution < 1.29 is 4.79 Å². The fraction of sp³-hybridized carbons (Fsp3) is 0.500. The van der Waals surface area contributed by atoms with Crippen LogP contribution in [0.4, 0.5) is 5.82 Å². The van der Waals surface area contributed by atoms with E-state index in [4.69, 9.17) is 16.6 Å². The highest BCUT2D eigenvalue weighted by atomic mass is 35.5. The van der Waals surface area contributed by atoms with E-state index >= 15 is 0 Å². The molecular formula is C22H31ClN4OS. The molecule has 1 heterocycles. The molecule has 0 saturated heterocycles. The number of anilines is 1. The van der Waals surface area contributed by atoms with Crippen molar-refractivity contribution in [3.8, 4) is 0 Å². The van der Waals surface area contributed by atoms with E-state index in [2.05, 4.69) is 42.9 Å². The van der Waals surface area contributed by atoms with Gasteiger partial charge in [0.05, 0.1) is 0 Å². The van der Waals surface area contributed by atoms with Gasteiger partial charge in [0.15, 0.2) is 5.16 Å². The topological polar surface area (TPSA) is 58.1 Å². The molecule has 0 aliphatic carbocycles. The third kappa shape index (κ3) is 7.86. The van der Waals surface area contributed by atoms with Crippen LogP contribution in [0.5, 0.6) is 0 Å². The predicted molar refractivity (Wildman–Crippen MR) is 123 cm³/mol. The van der Waals surface area contributed by atoms with Gasteiger partial charge in [-0.25, -0.2) is 9.97 Å². The summed E-state index contributed by atoms with van der Waals surface area (Å²) >= 11 is 7.79. The first kappa shape index (κ1) is 23.5. The van der Waals surface area contributed by atoms with E-state index < -0.39 is 0 Å². The Bertz CT molecular complexity index is 794. The lowest BCUT2D eigenvalue weighted by molar-refractivity contribution is 0.0949. The van der Waals surface area contributed by atoms with Gasteiger partial charge >= 0.3 is 0 Å². The smallest absolute Gasteiger partial charge is 0.251 e. The Balaban J connectivity index is 2.07. The Labute approximate surface area is 183 Å². The van der Waals surface area contributed by atoms with Crippen molar-refractivity contribution >= 4 is 35.1 Å². The molecule has 0 bridgehead atoms. The SMILES string of the molecule is CCCN(CCC)c1cc(Cl)nc(SCc2cccc(C(=O)NCC(C)C)c2)n1. The van der Waals surface area contributed by atoms with Crippen LogP contribution in [-0.2, 0) is 5.75 Å². The first-order valence-corrected chi connectivity index (χ1v) is 11.6. The van der Waals surface area contributed by atoms with Crippen LogP contribution >= 0.6 is 23.4 Å². The fourth-order valence-electron chi connectivity index (χ4n) is 2.84. The Kier molecular flexibility index (Phi) is 9.74. The molecule has 158 valence electrons. The zero-order valence-electron chi connectivity index (χ0n) is 17.7. The molecule has 1 amide bonds. The zero-order chi connectivity index (χ0) is 21.2. The molecule has 0 aliphatic heterocycles. The number of carbonyl (C=O) groups excluding carboxylic acids is 1. The van der Waals surface area contributed by atoms with Crippen LogP contribution in [-0.4, -0.2) is 35.5 Å². The molecule has 29 heavy (non-hydrogen) atoms. The average molecular weight is 435 g/mol. The molecule has 1 aromatic heterocycles. The quantitative estimate of drug-likeness (QED) is 0.290. The largest absolute Gasteiger partial charge is 0.356 e. The van der Waals surface area contributed by atoms with Crippen molar-refractivity contribution in [2.24, 2.45) is 5.92 Å². The molecule has 0 radical (unpaired) electrons. The molecule has 1 N–H and O–H groups in total. The molecular weight excluding hydrogens is 404 g/mol. The van der Waals surface area contributed by atoms with Crippen molar-refractivity contribution in [2.45, 2.75) is 51.4 Å². The number of aromatic nitrogens is 2. The number of thioether (sulfide) groups is 1. The second kappa shape index (κ2) is 12.0. The number of rotatable bonds is 11. The second-order valence-electron chi connectivity index (χ2n) is 7.41. The van der Waals surface area contributed by atoms with Crippen molar-refractivity contribution in [3.63, 3.8) is 0 Å². The summed E-state index contributed by atoms with van der Waals surface area (Å²) in [5, 5.41) is 4.06. The Morgan fingerprint density at radius 1 is 1.17 bits per heavy atom. The summed E-state index contributed by atoms with van der Waals surface area (Å²) in [7, 11) is 0. The van der Waals surface area contributed by atoms with Gasteiger partial charge in [-0.05, 0) is 36.5 Å². The van der Waals surface area contributed by atoms with E-state index in [1.807, 2.05) is 30.3 Å². The molecule has 0 fully saturated rings. The third-order valence-corrected chi connectivity index (χ3v) is 5.31. The lowest BCUT2D eigenvalue weighted by Crippen LogP contribution is -2.27. The average Bonchev–Trinajstić information content (AvgIpc) is 2.70. The van der Waals surface area contributed by atoms with Crippen LogP contribution in [0, 0.1) is 5.92 Å². The summed E-state index contributed by atoms with van der Waals surface area (Å²) in [5.41, 5.74) is 1.73. The van der Waals surface area contributed by atoms with Gasteiger partial charge in [-0.15, -0.1) is 0 Å². The molecule has 0 spiro atoms. The number of nitrogens with zero attached hydrogens (tertiary/aromatic N) is 3. The first-order valence-electron chi connectivity index (χ1n) is 10.2. The van der Waals surface area contributed by atoms with Gasteiger partial charge in [-0.3, -0.25) is 4.79 Å². The molecule has 7 heteroatoms. The van der Waals surface area contributed by atoms with E-state index in [-0.39, 0.29) is 5.91 Å². The Morgan fingerprint density at radius 3 is 2.55 bits per heavy atom. The number of amides is 1. The van der Waals surface area contributed by atoms with E-state index in [1.165, 1.54) is 11.8 Å². The minimum atomic E-state index is -0.0402. The van der Waals surface area contributed by atoms with Crippen molar-refractivity contribution in [1.82, 2.24) is 15.3 Å². The number of benzene rings is 1. The van der Waals surface area contributed by atoms with Gasteiger partial charge in [0.25, 0.3) is 5.91 Å². The molecule has 5 nitrogen and oxygen atoms in total. The van der Waals surface area contributed by atoms with Crippen LogP contribution in [0.25, 0.3) is 0 Å². The highest BCUT2D eigenvalue weighted by molar-refractivity contribution is 7.98. The normalized spacial score (nSPS) is 11.0. The van der Waals surface area contributed by atoms with E-state index in [0.29, 0.717) is 34.1 Å². The number of hydrogen-bond acceptors (Lipinski definition) is 5. The second-order valence-corrected chi connectivity index (χ2v) is 8.74. The van der Waals surface area contributed by atoms with Gasteiger partial charge in [0.1, 0.15) is 11.0 Å². The maximum Gasteiger partial charge on any atom is 0.251 e. The van der Waals surface area contributed by atoms with Gasteiger partial charge in [-0.1, -0.05) is 63.2 Å². The third-order valence-electron chi connectivity index (χ3n) is 4.20. The molecule has 2 aromatic rings. The van der Waals surface area contributed by atoms with Crippen molar-refractivity contribution in [3.05, 3.63) is 46.6 Å². The van der Waals surface area contributed by atoms with Gasteiger partial charge < -0.3 is 10.2 Å². The summed E-state index contributed by atoms with van der Waals surface area (Å²) < 4.78 is 0. The molecule has 0 aliphatic rings. The number of hydrogen-bond donors (Lipinski definition) is 1. The summed E-state index contributed by atoms with van der Waals surface area (Å²) in [6.07, 6.45) is 2.10. The summed E-state index contributed by atoms with van der Waals surface area (Å²) in [5.74, 6) is 1.93. The number of carbonyl (C=O) groups is 1. The van der Waals surface area contributed by atoms with Crippen LogP contribution in [0.15, 0.2) is 35.5 Å². The van der Waals surface area contributed by atoms with Crippen molar-refractivity contribution in [2.75, 3.05) is 24.5 Å². The maximum atomic E-state index is 12.3. The highest BCUT2D eigenvalue weighted by Crippen LogP contribution is 2.25. The number of nitrogens with one attached hydrogen (secondary N) is 1. The van der Waals surface area contributed by atoms with E-state index in [0.717, 1.165) is 37.3 Å². The van der Waals surface area contributed by atoms with Gasteiger partial charge in [-0.2, -0.15) is 0 Å². The Morgan fingerprint density at radius 2 is 1.90 bits per heavy atom. The van der Waals surface area contributed by atoms with Crippen LogP contribution in [0.3, 0.4) is 0 Å². The summed E-state index contributed by atoms with van der Waals surface area (Å²) in [6, 6.07) is 9.52. The molecule has 0 unspecified atom stereocenters. The minimum absolute atomic E-state index is 0.0402. The monoisotopic (exact) mass is 434 g/mol. The summed E-state index contributed by atoms with van der Waals surface area (Å²) in [4.78, 5) is 23.6. The standard InChI is InChI=1S/C22H31ClN4OS/c1-5-10-27(11-6-2)20-13-19(23)25-22(26-20)29-15-17-8-7-9-18(12-17)21(28)24-14-16(3)4/h7-9,12-13,16H,5-6,10-11,14-15H2,1-4H3,(H,24,28). The maximum absolute atomic E-state index is 12.3. The van der Waals surface area contributed by atoms with Gasteiger partial charge in [0.2, 0.25) is 0 Å². The van der Waals surface area contributed by atoms with E-state index in [9.17, 15) is 4.79 Å². The van der Waals surface area contributed by atoms with Crippen LogP contribution < -0.4 is 10.2 Å². The van der Waals surface area contributed by atoms with Gasteiger partial charge in [0, 0.05) is 37.0 Å². The van der Waals surface area contributed by atoms with Crippen LogP contribution in [0.2, 0.25) is 5.15 Å². The fourth-order valence-corrected chi connectivity index (χ4v) is 3.87. The molecule has 0 saturated carbocycles. The molecule has 2 rings (SSSR count). The minimum Gasteiger partial charge on any atom is -0.356 e. The molecule has 0 atom stereocenters. The number of halogens is 1. The van der Waals surface area contributed by atoms with Crippen molar-refractivity contribution in [1.29, 1.82) is 0 Å². The highest BCUT2D eigenvalue weighted by Gasteiger charge is 2.12.